The van der Waals surface area contributed by atoms with Crippen LogP contribution in [0.5, 0.6) is 0 Å². The third kappa shape index (κ3) is 5.37. The van der Waals surface area contributed by atoms with Gasteiger partial charge in [0.1, 0.15) is 0 Å². The third-order valence-corrected chi connectivity index (χ3v) is 7.50. The predicted molar refractivity (Wildman–Crippen MR) is 129 cm³/mol. The second-order valence-corrected chi connectivity index (χ2v) is 9.88. The van der Waals surface area contributed by atoms with E-state index in [-0.39, 0.29) is 12.3 Å². The molecule has 0 amide bonds. The van der Waals surface area contributed by atoms with E-state index in [0.29, 0.717) is 17.5 Å². The van der Waals surface area contributed by atoms with E-state index in [2.05, 4.69) is 16.8 Å². The van der Waals surface area contributed by atoms with E-state index in [1.807, 2.05) is 30.8 Å². The highest BCUT2D eigenvalue weighted by Crippen LogP contribution is 2.35. The maximum Gasteiger partial charge on any atom is 0.416 e. The molecule has 4 rings (SSSR count). The molecule has 0 spiro atoms. The van der Waals surface area contributed by atoms with E-state index < -0.39 is 17.7 Å². The van der Waals surface area contributed by atoms with E-state index in [1.54, 1.807) is 6.92 Å². The number of piperidine rings is 1. The predicted octanol–water partition coefficient (Wildman–Crippen LogP) is 5.79. The molecule has 35 heavy (non-hydrogen) atoms. The molecule has 1 aliphatic rings. The second-order valence-electron chi connectivity index (χ2n) is 9.88. The number of nitrogens with zero attached hydrogens (tertiary/aromatic N) is 3. The number of aliphatic carboxylic acids is 1. The van der Waals surface area contributed by atoms with Crippen molar-refractivity contribution in [1.29, 1.82) is 0 Å². The molecule has 0 bridgehead atoms. The Hall–Kier alpha value is -2.87. The molecule has 1 N–H and O–H groups in total. The van der Waals surface area contributed by atoms with Crippen molar-refractivity contribution in [1.82, 2.24) is 14.5 Å². The normalized spacial score (nSPS) is 15.7. The highest BCUT2D eigenvalue weighted by molar-refractivity contribution is 5.85. The summed E-state index contributed by atoms with van der Waals surface area (Å²) in [4.78, 5) is 18.0. The molecule has 0 atom stereocenters. The van der Waals surface area contributed by atoms with Gasteiger partial charge in [0, 0.05) is 54.9 Å². The first kappa shape index (κ1) is 25.2. The zero-order chi connectivity index (χ0) is 25.5. The van der Waals surface area contributed by atoms with Gasteiger partial charge in [-0.05, 0) is 93.1 Å². The molecule has 1 saturated heterocycles. The zero-order valence-electron chi connectivity index (χ0n) is 20.7. The van der Waals surface area contributed by atoms with Crippen molar-refractivity contribution in [3.63, 3.8) is 0 Å². The number of carboxylic acid groups (broad SMARTS) is 1. The minimum absolute atomic E-state index is 0.234. The van der Waals surface area contributed by atoms with E-state index >= 15 is 0 Å². The average Bonchev–Trinajstić information content (AvgIpc) is 3.09. The van der Waals surface area contributed by atoms with Crippen molar-refractivity contribution >= 4 is 16.9 Å². The maximum atomic E-state index is 13.4. The summed E-state index contributed by atoms with van der Waals surface area (Å²) in [5.41, 5.74) is 5.83. The van der Waals surface area contributed by atoms with Crippen LogP contribution >= 0.6 is 0 Å². The Kier molecular flexibility index (Phi) is 6.95. The van der Waals surface area contributed by atoms with Crippen LogP contribution in [0.3, 0.4) is 0 Å². The SMILES string of the molecule is Cc1ncc(CN2CCC(CC(=O)O)CC2)c(C)c1Cc1cc2c(C)cc(C(F)(F)F)cc2n1C. The van der Waals surface area contributed by atoms with Crippen molar-refractivity contribution in [3.8, 4) is 0 Å². The van der Waals surface area contributed by atoms with Gasteiger partial charge in [-0.1, -0.05) is 0 Å². The molecule has 3 heterocycles. The fourth-order valence-electron chi connectivity index (χ4n) is 5.25. The molecule has 1 aromatic carbocycles. The summed E-state index contributed by atoms with van der Waals surface area (Å²) in [6.45, 7) is 8.27. The lowest BCUT2D eigenvalue weighted by atomic mass is 9.93. The number of benzene rings is 1. The summed E-state index contributed by atoms with van der Waals surface area (Å²) >= 11 is 0. The molecule has 1 aliphatic heterocycles. The van der Waals surface area contributed by atoms with Gasteiger partial charge in [-0.25, -0.2) is 0 Å². The minimum atomic E-state index is -4.38. The van der Waals surface area contributed by atoms with Gasteiger partial charge >= 0.3 is 12.1 Å². The first-order chi connectivity index (χ1) is 16.4. The number of carboxylic acids is 1. The van der Waals surface area contributed by atoms with Gasteiger partial charge in [0.05, 0.1) is 5.56 Å². The highest BCUT2D eigenvalue weighted by Gasteiger charge is 2.31. The molecule has 8 heteroatoms. The van der Waals surface area contributed by atoms with Crippen LogP contribution in [0.15, 0.2) is 24.4 Å². The maximum absolute atomic E-state index is 13.4. The first-order valence-corrected chi connectivity index (χ1v) is 12.0. The number of carbonyl (C=O) groups is 1. The van der Waals surface area contributed by atoms with E-state index in [4.69, 9.17) is 5.11 Å². The molecule has 0 radical (unpaired) electrons. The van der Waals surface area contributed by atoms with Crippen molar-refractivity contribution in [3.05, 3.63) is 63.6 Å². The second kappa shape index (κ2) is 9.64. The quantitative estimate of drug-likeness (QED) is 0.478. The number of aryl methyl sites for hydroxylation is 3. The summed E-state index contributed by atoms with van der Waals surface area (Å²) in [5.74, 6) is -0.492. The van der Waals surface area contributed by atoms with Gasteiger partial charge < -0.3 is 9.67 Å². The third-order valence-electron chi connectivity index (χ3n) is 7.50. The Morgan fingerprint density at radius 3 is 2.46 bits per heavy atom. The summed E-state index contributed by atoms with van der Waals surface area (Å²) in [6, 6.07) is 4.43. The average molecular weight is 488 g/mol. The summed E-state index contributed by atoms with van der Waals surface area (Å²) in [6.07, 6.45) is 0.123. The number of hydrogen-bond acceptors (Lipinski definition) is 3. The molecular weight excluding hydrogens is 455 g/mol. The Balaban J connectivity index is 1.57. The van der Waals surface area contributed by atoms with Crippen molar-refractivity contribution in [2.24, 2.45) is 13.0 Å². The fraction of sp³-hybridized carbons (Fsp3) is 0.481. The van der Waals surface area contributed by atoms with Crippen LogP contribution in [0.2, 0.25) is 0 Å². The molecule has 3 aromatic rings. The molecule has 0 aliphatic carbocycles. The number of halogens is 3. The van der Waals surface area contributed by atoms with E-state index in [9.17, 15) is 18.0 Å². The lowest BCUT2D eigenvalue weighted by Crippen LogP contribution is -2.34. The molecular formula is C27H32F3N3O2. The number of alkyl halides is 3. The van der Waals surface area contributed by atoms with Crippen LogP contribution in [-0.4, -0.2) is 38.6 Å². The number of likely N-dealkylation sites (tertiary alicyclic amines) is 1. The van der Waals surface area contributed by atoms with E-state index in [1.165, 1.54) is 12.1 Å². The highest BCUT2D eigenvalue weighted by atomic mass is 19.4. The topological polar surface area (TPSA) is 58.4 Å². The summed E-state index contributed by atoms with van der Waals surface area (Å²) < 4.78 is 41.9. The number of aromatic nitrogens is 2. The van der Waals surface area contributed by atoms with Crippen LogP contribution in [0, 0.1) is 26.7 Å². The number of pyridine rings is 1. The van der Waals surface area contributed by atoms with Gasteiger partial charge in [0.2, 0.25) is 0 Å². The number of fused-ring (bicyclic) bond motifs is 1. The zero-order valence-corrected chi connectivity index (χ0v) is 20.7. The Labute approximate surface area is 203 Å². The Morgan fingerprint density at radius 2 is 1.83 bits per heavy atom. The van der Waals surface area contributed by atoms with Crippen LogP contribution < -0.4 is 0 Å². The monoisotopic (exact) mass is 487 g/mol. The molecule has 1 fully saturated rings. The van der Waals surface area contributed by atoms with Crippen molar-refractivity contribution in [2.45, 2.75) is 59.2 Å². The van der Waals surface area contributed by atoms with Crippen LogP contribution in [0.1, 0.15) is 58.5 Å². The standard InChI is InChI=1S/C27H32F3N3O2/c1-16-9-21(27(28,29)30)11-25-23(16)12-22(32(25)4)13-24-17(2)20(14-31-18(24)3)15-33-7-5-19(6-8-33)10-26(34)35/h9,11-12,14,19H,5-8,10,13,15H2,1-4H3,(H,34,35). The lowest BCUT2D eigenvalue weighted by Gasteiger charge is -2.31. The molecule has 0 unspecified atom stereocenters. The lowest BCUT2D eigenvalue weighted by molar-refractivity contribution is -0.139. The largest absolute Gasteiger partial charge is 0.481 e. The molecule has 5 nitrogen and oxygen atoms in total. The molecule has 0 saturated carbocycles. The van der Waals surface area contributed by atoms with Gasteiger partial charge in [0.25, 0.3) is 0 Å². The fourth-order valence-corrected chi connectivity index (χ4v) is 5.25. The smallest absolute Gasteiger partial charge is 0.416 e. The van der Waals surface area contributed by atoms with E-state index in [0.717, 1.165) is 65.9 Å². The Bertz CT molecular complexity index is 1260. The van der Waals surface area contributed by atoms with Crippen LogP contribution in [0.4, 0.5) is 13.2 Å². The van der Waals surface area contributed by atoms with Crippen molar-refractivity contribution in [2.75, 3.05) is 13.1 Å². The van der Waals surface area contributed by atoms with Gasteiger partial charge in [-0.3, -0.25) is 14.7 Å². The number of hydrogen-bond donors (Lipinski definition) is 1. The minimum Gasteiger partial charge on any atom is -0.481 e. The van der Waals surface area contributed by atoms with Crippen LogP contribution in [0.25, 0.3) is 10.9 Å². The summed E-state index contributed by atoms with van der Waals surface area (Å²) in [5, 5.41) is 9.87. The Morgan fingerprint density at radius 1 is 1.14 bits per heavy atom. The van der Waals surface area contributed by atoms with Gasteiger partial charge in [0.15, 0.2) is 0 Å². The summed E-state index contributed by atoms with van der Waals surface area (Å²) in [7, 11) is 1.82. The molecule has 2 aromatic heterocycles. The first-order valence-electron chi connectivity index (χ1n) is 12.0. The van der Waals surface area contributed by atoms with Crippen molar-refractivity contribution < 1.29 is 23.1 Å². The van der Waals surface area contributed by atoms with Gasteiger partial charge in [-0.15, -0.1) is 0 Å². The van der Waals surface area contributed by atoms with Crippen LogP contribution in [-0.2, 0) is 31.0 Å². The molecule has 188 valence electrons. The van der Waals surface area contributed by atoms with Gasteiger partial charge in [-0.2, -0.15) is 13.2 Å². The number of rotatable bonds is 6.